The monoisotopic (exact) mass is 481 g/mol. The predicted molar refractivity (Wildman–Crippen MR) is 123 cm³/mol. The molecule has 0 amide bonds. The van der Waals surface area contributed by atoms with Crippen LogP contribution in [0.25, 0.3) is 5.32 Å². The van der Waals surface area contributed by atoms with Crippen molar-refractivity contribution in [1.29, 1.82) is 0 Å². The van der Waals surface area contributed by atoms with Gasteiger partial charge in [0.25, 0.3) is 0 Å². The molecular weight excluding hydrogens is 427 g/mol. The van der Waals surface area contributed by atoms with E-state index in [1.54, 1.807) is 0 Å². The molecular formula is C25H53CdN. The zero-order valence-corrected chi connectivity index (χ0v) is 23.7. The quantitative estimate of drug-likeness (QED) is 0.0833. The van der Waals surface area contributed by atoms with E-state index < -0.39 is 0 Å². The van der Waals surface area contributed by atoms with E-state index in [-0.39, 0.29) is 34.7 Å². The summed E-state index contributed by atoms with van der Waals surface area (Å²) >= 11 is 0. The molecule has 0 aliphatic rings. The Balaban J connectivity index is -0.00000288. The van der Waals surface area contributed by atoms with E-state index in [2.05, 4.69) is 13.8 Å². The molecule has 160 valence electrons. The zero-order chi connectivity index (χ0) is 18.3. The fourth-order valence-corrected chi connectivity index (χ4v) is 3.53. The normalized spacial score (nSPS) is 10.4. The van der Waals surface area contributed by atoms with Crippen molar-refractivity contribution in [3.63, 3.8) is 0 Å². The van der Waals surface area contributed by atoms with Crippen molar-refractivity contribution < 1.29 is 27.3 Å². The van der Waals surface area contributed by atoms with Gasteiger partial charge in [-0.1, -0.05) is 142 Å². The molecule has 0 spiro atoms. The first kappa shape index (κ1) is 32.5. The van der Waals surface area contributed by atoms with Crippen LogP contribution in [0.2, 0.25) is 0 Å². The number of unbranched alkanes of at least 4 members (excludes halogenated alkanes) is 18. The van der Waals surface area contributed by atoms with Gasteiger partial charge in [-0.3, -0.25) is 0 Å². The summed E-state index contributed by atoms with van der Waals surface area (Å²) < 4.78 is 0. The Kier molecular flexibility index (Phi) is 38.1. The van der Waals surface area contributed by atoms with Gasteiger partial charge in [0, 0.05) is 0 Å². The van der Waals surface area contributed by atoms with Crippen molar-refractivity contribution in [3.05, 3.63) is 12.7 Å². The molecule has 0 aromatic carbocycles. The molecule has 0 aromatic heterocycles. The van der Waals surface area contributed by atoms with E-state index in [0.717, 1.165) is 13.1 Å². The van der Waals surface area contributed by atoms with E-state index in [0.29, 0.717) is 0 Å². The third-order valence-corrected chi connectivity index (χ3v) is 5.34. The minimum absolute atomic E-state index is 0. The first-order valence-corrected chi connectivity index (χ1v) is 12.0. The molecule has 0 radical (unpaired) electrons. The largest absolute Gasteiger partial charge is 2.00 e. The standard InChI is InChI=1S/C24H50N.CH3.Cd/c1-3-5-7-9-11-13-15-17-19-21-23-25-24-22-20-18-16-14-12-10-8-6-4-2;;/h3-24H2,1-2H3;1H3;/q2*-1;+2. The van der Waals surface area contributed by atoms with Gasteiger partial charge in [0.1, 0.15) is 0 Å². The Bertz CT molecular complexity index is 198. The number of hydrogen-bond donors (Lipinski definition) is 0. The minimum Gasteiger partial charge on any atom is -0.662 e. The summed E-state index contributed by atoms with van der Waals surface area (Å²) in [5, 5.41) is 4.71. The molecule has 0 saturated carbocycles. The molecule has 27 heavy (non-hydrogen) atoms. The Hall–Kier alpha value is 0.882. The van der Waals surface area contributed by atoms with E-state index in [4.69, 9.17) is 5.32 Å². The van der Waals surface area contributed by atoms with Crippen LogP contribution >= 0.6 is 0 Å². The van der Waals surface area contributed by atoms with Crippen molar-refractivity contribution >= 4 is 0 Å². The molecule has 0 aliphatic carbocycles. The van der Waals surface area contributed by atoms with Crippen LogP contribution in [0.15, 0.2) is 0 Å². The molecule has 0 fully saturated rings. The summed E-state index contributed by atoms with van der Waals surface area (Å²) in [5.74, 6) is 0. The minimum atomic E-state index is 0. The third-order valence-electron chi connectivity index (χ3n) is 5.34. The first-order valence-electron chi connectivity index (χ1n) is 12.0. The van der Waals surface area contributed by atoms with Gasteiger partial charge >= 0.3 is 27.3 Å². The molecule has 0 saturated heterocycles. The maximum absolute atomic E-state index is 4.71. The van der Waals surface area contributed by atoms with Crippen molar-refractivity contribution in [3.8, 4) is 0 Å². The van der Waals surface area contributed by atoms with E-state index >= 15 is 0 Å². The fraction of sp³-hybridized carbons (Fsp3) is 0.960. The molecule has 0 heterocycles. The van der Waals surface area contributed by atoms with Crippen LogP contribution in [-0.2, 0) is 27.3 Å². The van der Waals surface area contributed by atoms with Gasteiger partial charge < -0.3 is 12.7 Å². The van der Waals surface area contributed by atoms with Crippen molar-refractivity contribution in [2.75, 3.05) is 13.1 Å². The molecule has 2 heteroatoms. The molecule has 0 atom stereocenters. The summed E-state index contributed by atoms with van der Waals surface area (Å²) in [5.41, 5.74) is 0. The van der Waals surface area contributed by atoms with Crippen molar-refractivity contribution in [1.82, 2.24) is 0 Å². The summed E-state index contributed by atoms with van der Waals surface area (Å²) in [6.07, 6.45) is 28.5. The van der Waals surface area contributed by atoms with Crippen molar-refractivity contribution in [2.24, 2.45) is 0 Å². The summed E-state index contributed by atoms with van der Waals surface area (Å²) in [7, 11) is 0. The maximum Gasteiger partial charge on any atom is 2.00 e. The van der Waals surface area contributed by atoms with E-state index in [9.17, 15) is 0 Å². The van der Waals surface area contributed by atoms with Crippen LogP contribution in [0, 0.1) is 7.43 Å². The number of rotatable bonds is 22. The summed E-state index contributed by atoms with van der Waals surface area (Å²) in [6.45, 7) is 6.82. The van der Waals surface area contributed by atoms with Gasteiger partial charge in [-0.05, 0) is 0 Å². The third kappa shape index (κ3) is 31.8. The number of hydrogen-bond acceptors (Lipinski definition) is 0. The maximum atomic E-state index is 4.71. The first-order chi connectivity index (χ1) is 12.4. The van der Waals surface area contributed by atoms with Gasteiger partial charge in [0.2, 0.25) is 0 Å². The van der Waals surface area contributed by atoms with Crippen LogP contribution < -0.4 is 0 Å². The fourth-order valence-electron chi connectivity index (χ4n) is 3.53. The Morgan fingerprint density at radius 2 is 0.593 bits per heavy atom. The molecule has 1 nitrogen and oxygen atoms in total. The Labute approximate surface area is 194 Å². The zero-order valence-electron chi connectivity index (χ0n) is 19.7. The van der Waals surface area contributed by atoms with Crippen molar-refractivity contribution in [2.45, 2.75) is 142 Å². The molecule has 0 rings (SSSR count). The van der Waals surface area contributed by atoms with Gasteiger partial charge in [-0.25, -0.2) is 0 Å². The molecule has 0 N–H and O–H groups in total. The summed E-state index contributed by atoms with van der Waals surface area (Å²) in [4.78, 5) is 0. The van der Waals surface area contributed by atoms with Gasteiger partial charge in [0.15, 0.2) is 0 Å². The number of nitrogens with zero attached hydrogens (tertiary/aromatic N) is 1. The van der Waals surface area contributed by atoms with Gasteiger partial charge in [0.05, 0.1) is 0 Å². The van der Waals surface area contributed by atoms with Crippen LogP contribution in [-0.4, -0.2) is 13.1 Å². The molecule has 0 aliphatic heterocycles. The van der Waals surface area contributed by atoms with Crippen LogP contribution in [0.3, 0.4) is 0 Å². The second-order valence-corrected chi connectivity index (χ2v) is 8.03. The SMILES string of the molecule is CCCCCCCCCCCC[N-]CCCCCCCCCCCC.[CH3-].[Cd+2]. The molecule has 0 aromatic rings. The average molecular weight is 480 g/mol. The van der Waals surface area contributed by atoms with Crippen LogP contribution in [0.5, 0.6) is 0 Å². The topological polar surface area (TPSA) is 14.1 Å². The van der Waals surface area contributed by atoms with E-state index in [1.165, 1.54) is 128 Å². The van der Waals surface area contributed by atoms with E-state index in [1.807, 2.05) is 0 Å². The second-order valence-electron chi connectivity index (χ2n) is 8.03. The van der Waals surface area contributed by atoms with Crippen LogP contribution in [0.1, 0.15) is 142 Å². The van der Waals surface area contributed by atoms with Gasteiger partial charge in [-0.2, -0.15) is 0 Å². The average Bonchev–Trinajstić information content (AvgIpc) is 2.63. The predicted octanol–water partition coefficient (Wildman–Crippen LogP) is 9.65. The molecule has 0 unspecified atom stereocenters. The molecule has 0 bridgehead atoms. The smallest absolute Gasteiger partial charge is 0.662 e. The Morgan fingerprint density at radius 1 is 0.370 bits per heavy atom. The second kappa shape index (κ2) is 31.6. The van der Waals surface area contributed by atoms with Crippen LogP contribution in [0.4, 0.5) is 0 Å². The Morgan fingerprint density at radius 3 is 0.852 bits per heavy atom. The summed E-state index contributed by atoms with van der Waals surface area (Å²) in [6, 6.07) is 0. The van der Waals surface area contributed by atoms with Gasteiger partial charge in [-0.15, -0.1) is 13.1 Å².